The van der Waals surface area contributed by atoms with E-state index in [2.05, 4.69) is 55.4 Å². The van der Waals surface area contributed by atoms with Crippen molar-refractivity contribution in [3.8, 4) is 0 Å². The number of rotatable bonds is 8. The highest BCUT2D eigenvalue weighted by molar-refractivity contribution is 5.16. The van der Waals surface area contributed by atoms with Crippen molar-refractivity contribution in [2.75, 3.05) is 11.9 Å². The Bertz CT molecular complexity index is 355. The van der Waals surface area contributed by atoms with Crippen LogP contribution in [0.3, 0.4) is 0 Å². The Morgan fingerprint density at radius 1 is 1.16 bits per heavy atom. The molecule has 0 saturated heterocycles. The Balaban J connectivity index is 2.20. The summed E-state index contributed by atoms with van der Waals surface area (Å²) in [6.45, 7) is 12.3. The summed E-state index contributed by atoms with van der Waals surface area (Å²) in [7, 11) is 0. The molecule has 0 aliphatic rings. The number of hydrogen-bond donors (Lipinski definition) is 2. The number of unbranched alkanes of at least 4 members (excludes halogenated alkanes) is 1. The lowest BCUT2D eigenvalue weighted by atomic mass is 10.1. The quantitative estimate of drug-likeness (QED) is 0.709. The lowest BCUT2D eigenvalue weighted by molar-refractivity contribution is 0.383. The smallest absolute Gasteiger partial charge is 0.315 e. The van der Waals surface area contributed by atoms with E-state index in [0.29, 0.717) is 18.5 Å². The molecule has 1 rings (SSSR count). The molecule has 0 aromatic carbocycles. The monoisotopic (exact) mass is 268 g/mol. The van der Waals surface area contributed by atoms with E-state index in [-0.39, 0.29) is 5.54 Å². The number of anilines is 1. The molecule has 0 spiro atoms. The van der Waals surface area contributed by atoms with Crippen LogP contribution in [0.15, 0.2) is 4.42 Å². The zero-order chi connectivity index (χ0) is 14.3. The third-order valence-corrected chi connectivity index (χ3v) is 2.72. The zero-order valence-electron chi connectivity index (χ0n) is 12.9. The van der Waals surface area contributed by atoms with Crippen LogP contribution < -0.4 is 10.6 Å². The maximum absolute atomic E-state index is 5.51. The summed E-state index contributed by atoms with van der Waals surface area (Å²) in [5, 5.41) is 14.5. The molecule has 1 aromatic rings. The second-order valence-electron chi connectivity index (χ2n) is 6.42. The summed E-state index contributed by atoms with van der Waals surface area (Å²) in [6, 6.07) is 0.523. The molecule has 0 amide bonds. The van der Waals surface area contributed by atoms with Crippen LogP contribution in [0.2, 0.25) is 0 Å². The van der Waals surface area contributed by atoms with E-state index in [4.69, 9.17) is 4.42 Å². The average molecular weight is 268 g/mol. The van der Waals surface area contributed by atoms with Crippen LogP contribution in [0, 0.1) is 5.92 Å². The summed E-state index contributed by atoms with van der Waals surface area (Å²) >= 11 is 0. The van der Waals surface area contributed by atoms with Crippen LogP contribution in [0.1, 0.15) is 59.8 Å². The Morgan fingerprint density at radius 2 is 1.89 bits per heavy atom. The third kappa shape index (κ3) is 7.82. The molecule has 0 aliphatic carbocycles. The minimum atomic E-state index is 0.0545. The van der Waals surface area contributed by atoms with Gasteiger partial charge < -0.3 is 15.1 Å². The van der Waals surface area contributed by atoms with Gasteiger partial charge in [0.1, 0.15) is 0 Å². The summed E-state index contributed by atoms with van der Waals surface area (Å²) in [6.07, 6.45) is 3.64. The van der Waals surface area contributed by atoms with Crippen molar-refractivity contribution in [2.45, 2.75) is 66.0 Å². The van der Waals surface area contributed by atoms with E-state index < -0.39 is 0 Å². The van der Waals surface area contributed by atoms with Gasteiger partial charge in [-0.15, -0.1) is 5.10 Å². The standard InChI is InChI=1S/C14H28N4O/c1-11(2)8-6-7-9-15-13-18-17-12(19-13)10-16-14(3,4)5/h11,16H,6-10H2,1-5H3,(H,15,18). The predicted molar refractivity (Wildman–Crippen MR) is 78.1 cm³/mol. The normalized spacial score (nSPS) is 12.1. The molecule has 0 unspecified atom stereocenters. The fourth-order valence-electron chi connectivity index (χ4n) is 1.61. The molecule has 0 bridgehead atoms. The average Bonchev–Trinajstić information content (AvgIpc) is 2.72. The highest BCUT2D eigenvalue weighted by Crippen LogP contribution is 2.09. The van der Waals surface area contributed by atoms with Gasteiger partial charge in [-0.3, -0.25) is 0 Å². The van der Waals surface area contributed by atoms with Crippen molar-refractivity contribution >= 4 is 6.01 Å². The largest absolute Gasteiger partial charge is 0.407 e. The van der Waals surface area contributed by atoms with Crippen LogP contribution in [0.25, 0.3) is 0 Å². The first kappa shape index (κ1) is 16.0. The molecule has 0 fully saturated rings. The van der Waals surface area contributed by atoms with Gasteiger partial charge in [0.25, 0.3) is 0 Å². The topological polar surface area (TPSA) is 63.0 Å². The van der Waals surface area contributed by atoms with Crippen molar-refractivity contribution in [1.82, 2.24) is 15.5 Å². The van der Waals surface area contributed by atoms with Gasteiger partial charge >= 0.3 is 6.01 Å². The molecule has 1 heterocycles. The van der Waals surface area contributed by atoms with Crippen molar-refractivity contribution in [3.63, 3.8) is 0 Å². The molecule has 0 radical (unpaired) electrons. The molecule has 0 atom stereocenters. The molecule has 110 valence electrons. The third-order valence-electron chi connectivity index (χ3n) is 2.72. The number of nitrogens with zero attached hydrogens (tertiary/aromatic N) is 2. The Kier molecular flexibility index (Phi) is 6.28. The zero-order valence-corrected chi connectivity index (χ0v) is 12.9. The van der Waals surface area contributed by atoms with Crippen LogP contribution in [0.5, 0.6) is 0 Å². The fraction of sp³-hybridized carbons (Fsp3) is 0.857. The Hall–Kier alpha value is -1.10. The van der Waals surface area contributed by atoms with Gasteiger partial charge in [-0.2, -0.15) is 0 Å². The van der Waals surface area contributed by atoms with E-state index in [0.717, 1.165) is 18.9 Å². The van der Waals surface area contributed by atoms with Gasteiger partial charge in [-0.25, -0.2) is 0 Å². The molecule has 0 saturated carbocycles. The first-order chi connectivity index (χ1) is 8.87. The maximum Gasteiger partial charge on any atom is 0.315 e. The minimum absolute atomic E-state index is 0.0545. The van der Waals surface area contributed by atoms with Crippen LogP contribution in [-0.2, 0) is 6.54 Å². The Morgan fingerprint density at radius 3 is 2.53 bits per heavy atom. The summed E-state index contributed by atoms with van der Waals surface area (Å²) < 4.78 is 5.51. The van der Waals surface area contributed by atoms with Crippen LogP contribution in [-0.4, -0.2) is 22.3 Å². The van der Waals surface area contributed by atoms with E-state index in [1.807, 2.05) is 0 Å². The van der Waals surface area contributed by atoms with Crippen LogP contribution in [0.4, 0.5) is 6.01 Å². The van der Waals surface area contributed by atoms with E-state index >= 15 is 0 Å². The molecular formula is C14H28N4O. The van der Waals surface area contributed by atoms with Gasteiger partial charge in [0.15, 0.2) is 0 Å². The summed E-state index contributed by atoms with van der Waals surface area (Å²) in [5.41, 5.74) is 0.0545. The van der Waals surface area contributed by atoms with Crippen molar-refractivity contribution in [3.05, 3.63) is 5.89 Å². The number of nitrogens with one attached hydrogen (secondary N) is 2. The highest BCUT2D eigenvalue weighted by Gasteiger charge is 2.11. The van der Waals surface area contributed by atoms with Gasteiger partial charge in [-0.1, -0.05) is 31.8 Å². The molecule has 2 N–H and O–H groups in total. The second-order valence-corrected chi connectivity index (χ2v) is 6.42. The minimum Gasteiger partial charge on any atom is -0.407 e. The number of aromatic nitrogens is 2. The summed E-state index contributed by atoms with van der Waals surface area (Å²) in [5.74, 6) is 1.40. The molecule has 5 heteroatoms. The van der Waals surface area contributed by atoms with Gasteiger partial charge in [0, 0.05) is 12.1 Å². The highest BCUT2D eigenvalue weighted by atomic mass is 16.4. The molecule has 5 nitrogen and oxygen atoms in total. The van der Waals surface area contributed by atoms with Crippen LogP contribution >= 0.6 is 0 Å². The van der Waals surface area contributed by atoms with E-state index in [1.165, 1.54) is 12.8 Å². The summed E-state index contributed by atoms with van der Waals surface area (Å²) in [4.78, 5) is 0. The first-order valence-electron chi connectivity index (χ1n) is 7.18. The number of hydrogen-bond acceptors (Lipinski definition) is 5. The molecule has 0 aliphatic heterocycles. The maximum atomic E-state index is 5.51. The van der Waals surface area contributed by atoms with Crippen molar-refractivity contribution in [1.29, 1.82) is 0 Å². The van der Waals surface area contributed by atoms with Gasteiger partial charge in [-0.05, 0) is 33.1 Å². The van der Waals surface area contributed by atoms with E-state index in [9.17, 15) is 0 Å². The Labute approximate surface area is 116 Å². The van der Waals surface area contributed by atoms with E-state index in [1.54, 1.807) is 0 Å². The van der Waals surface area contributed by atoms with Crippen molar-refractivity contribution in [2.24, 2.45) is 5.92 Å². The second kappa shape index (κ2) is 7.48. The predicted octanol–water partition coefficient (Wildman–Crippen LogP) is 3.20. The van der Waals surface area contributed by atoms with Gasteiger partial charge in [0.05, 0.1) is 6.54 Å². The molecular weight excluding hydrogens is 240 g/mol. The SMILES string of the molecule is CC(C)CCCCNc1nnc(CNC(C)(C)C)o1. The molecule has 19 heavy (non-hydrogen) atoms. The van der Waals surface area contributed by atoms with Gasteiger partial charge in [0.2, 0.25) is 5.89 Å². The lowest BCUT2D eigenvalue weighted by Crippen LogP contribution is -2.35. The first-order valence-corrected chi connectivity index (χ1v) is 7.18. The lowest BCUT2D eigenvalue weighted by Gasteiger charge is -2.18. The van der Waals surface area contributed by atoms with Crippen molar-refractivity contribution < 1.29 is 4.42 Å². The molecule has 1 aromatic heterocycles. The fourth-order valence-corrected chi connectivity index (χ4v) is 1.61.